The normalized spacial score (nSPS) is 16.6. The Kier molecular flexibility index (Phi) is 7.16. The van der Waals surface area contributed by atoms with Crippen molar-refractivity contribution in [1.29, 1.82) is 0 Å². The number of hydrogen-bond donors (Lipinski definition) is 2. The van der Waals surface area contributed by atoms with Crippen molar-refractivity contribution < 1.29 is 13.3 Å². The quantitative estimate of drug-likeness (QED) is 0.676. The van der Waals surface area contributed by atoms with Crippen LogP contribution in [0.3, 0.4) is 0 Å². The molecule has 0 radical (unpaired) electrons. The summed E-state index contributed by atoms with van der Waals surface area (Å²) in [5.74, 6) is 0.108. The minimum Gasteiger partial charge on any atom is -0.378 e. The monoisotopic (exact) mass is 417 g/mol. The zero-order valence-corrected chi connectivity index (χ0v) is 18.5. The number of anilines is 2. The van der Waals surface area contributed by atoms with Crippen molar-refractivity contribution in [2.75, 3.05) is 62.4 Å². The second-order valence-electron chi connectivity index (χ2n) is 7.77. The molecule has 2 aromatic rings. The molecule has 158 valence electrons. The lowest BCUT2D eigenvalue weighted by atomic mass is 10.0. The van der Waals surface area contributed by atoms with Gasteiger partial charge in [-0.1, -0.05) is 30.3 Å². The van der Waals surface area contributed by atoms with E-state index in [9.17, 15) is 8.42 Å². The number of benzene rings is 2. The minimum absolute atomic E-state index is 0.102. The lowest BCUT2D eigenvalue weighted by Gasteiger charge is -2.38. The highest BCUT2D eigenvalue weighted by atomic mass is 32.2. The molecule has 0 spiro atoms. The van der Waals surface area contributed by atoms with Crippen LogP contribution in [0.4, 0.5) is 11.4 Å². The number of hydrogen-bond acceptors (Lipinski definition) is 4. The van der Waals surface area contributed by atoms with E-state index >= 15 is 0 Å². The Morgan fingerprint density at radius 3 is 2.21 bits per heavy atom. The smallest absolute Gasteiger partial charge is 0.211 e. The fourth-order valence-electron chi connectivity index (χ4n) is 3.85. The molecular formula is C22H33N4O2S+. The van der Waals surface area contributed by atoms with Crippen molar-refractivity contribution in [1.82, 2.24) is 4.72 Å². The Hall–Kier alpha value is -2.09. The molecule has 1 aliphatic heterocycles. The molecule has 1 saturated heterocycles. The maximum atomic E-state index is 12.1. The molecule has 0 saturated carbocycles. The third-order valence-electron chi connectivity index (χ3n) is 5.72. The SMILES string of the molecule is CCS(=O)(=O)NC[C@@H](c1ccc(N(C)C)cc1)[NH+]1CCN(c2ccccc2)CC1. The first-order valence-corrected chi connectivity index (χ1v) is 11.9. The van der Waals surface area contributed by atoms with Gasteiger partial charge < -0.3 is 14.7 Å². The third kappa shape index (κ3) is 5.72. The van der Waals surface area contributed by atoms with E-state index in [-0.39, 0.29) is 11.8 Å². The summed E-state index contributed by atoms with van der Waals surface area (Å²) in [7, 11) is 0.829. The Morgan fingerprint density at radius 1 is 1.03 bits per heavy atom. The van der Waals surface area contributed by atoms with Gasteiger partial charge >= 0.3 is 0 Å². The van der Waals surface area contributed by atoms with Crippen LogP contribution in [0.1, 0.15) is 18.5 Å². The molecule has 1 atom stereocenters. The summed E-state index contributed by atoms with van der Waals surface area (Å²) in [5, 5.41) is 0. The molecule has 0 aromatic heterocycles. The second-order valence-corrected chi connectivity index (χ2v) is 9.87. The van der Waals surface area contributed by atoms with Crippen molar-refractivity contribution >= 4 is 21.4 Å². The molecule has 0 aliphatic carbocycles. The molecule has 0 amide bonds. The maximum absolute atomic E-state index is 12.1. The van der Waals surface area contributed by atoms with Crippen molar-refractivity contribution in [2.45, 2.75) is 13.0 Å². The third-order valence-corrected chi connectivity index (χ3v) is 7.09. The second kappa shape index (κ2) is 9.61. The van der Waals surface area contributed by atoms with Gasteiger partial charge in [0.1, 0.15) is 6.04 Å². The van der Waals surface area contributed by atoms with Crippen LogP contribution < -0.4 is 19.4 Å². The summed E-state index contributed by atoms with van der Waals surface area (Å²) in [4.78, 5) is 5.91. The summed E-state index contributed by atoms with van der Waals surface area (Å²) in [6.07, 6.45) is 0. The fraction of sp³-hybridized carbons (Fsp3) is 0.455. The molecular weight excluding hydrogens is 384 g/mol. The molecule has 1 aliphatic rings. The van der Waals surface area contributed by atoms with Crippen molar-refractivity contribution in [3.05, 3.63) is 60.2 Å². The molecule has 2 aromatic carbocycles. The van der Waals surface area contributed by atoms with E-state index in [0.717, 1.165) is 31.9 Å². The van der Waals surface area contributed by atoms with Crippen LogP contribution in [0.2, 0.25) is 0 Å². The molecule has 7 heteroatoms. The lowest BCUT2D eigenvalue weighted by molar-refractivity contribution is -0.930. The van der Waals surface area contributed by atoms with E-state index in [1.165, 1.54) is 16.2 Å². The van der Waals surface area contributed by atoms with Gasteiger partial charge in [0.25, 0.3) is 0 Å². The van der Waals surface area contributed by atoms with Gasteiger partial charge in [0.05, 0.1) is 38.5 Å². The Balaban J connectivity index is 1.74. The van der Waals surface area contributed by atoms with Gasteiger partial charge in [-0.15, -0.1) is 0 Å². The van der Waals surface area contributed by atoms with Crippen LogP contribution >= 0.6 is 0 Å². The van der Waals surface area contributed by atoms with Gasteiger partial charge in [-0.2, -0.15) is 0 Å². The van der Waals surface area contributed by atoms with Crippen LogP contribution in [0.25, 0.3) is 0 Å². The van der Waals surface area contributed by atoms with E-state index in [2.05, 4.69) is 63.1 Å². The number of rotatable bonds is 8. The number of quaternary nitrogens is 1. The first kappa shape index (κ1) is 21.6. The van der Waals surface area contributed by atoms with Gasteiger partial charge in [-0.3, -0.25) is 0 Å². The fourth-order valence-corrected chi connectivity index (χ4v) is 4.48. The van der Waals surface area contributed by atoms with E-state index in [1.807, 2.05) is 20.2 Å². The Labute approximate surface area is 175 Å². The van der Waals surface area contributed by atoms with E-state index < -0.39 is 10.0 Å². The average molecular weight is 418 g/mol. The first-order chi connectivity index (χ1) is 13.9. The zero-order valence-electron chi connectivity index (χ0n) is 17.6. The molecule has 1 fully saturated rings. The largest absolute Gasteiger partial charge is 0.378 e. The van der Waals surface area contributed by atoms with Crippen LogP contribution in [-0.4, -0.2) is 61.0 Å². The predicted molar refractivity (Wildman–Crippen MR) is 120 cm³/mol. The standard InChI is InChI=1S/C22H32N4O2S/c1-4-29(27,28)23-18-22(19-10-12-20(13-11-19)24(2)3)26-16-14-25(15-17-26)21-8-6-5-7-9-21/h5-13,22-23H,4,14-18H2,1-3H3/p+1/t22-/m0/s1. The first-order valence-electron chi connectivity index (χ1n) is 10.3. The van der Waals surface area contributed by atoms with Gasteiger partial charge in [0, 0.05) is 31.0 Å². The molecule has 3 rings (SSSR count). The number of nitrogens with one attached hydrogen (secondary N) is 2. The number of piperazine rings is 1. The van der Waals surface area contributed by atoms with Crippen LogP contribution in [0.5, 0.6) is 0 Å². The van der Waals surface area contributed by atoms with Crippen LogP contribution in [-0.2, 0) is 10.0 Å². The number of para-hydroxylation sites is 1. The summed E-state index contributed by atoms with van der Waals surface area (Å²) in [6.45, 7) is 5.98. The van der Waals surface area contributed by atoms with E-state index in [0.29, 0.717) is 6.54 Å². The summed E-state index contributed by atoms with van der Waals surface area (Å²) < 4.78 is 26.9. The highest BCUT2D eigenvalue weighted by molar-refractivity contribution is 7.89. The summed E-state index contributed by atoms with van der Waals surface area (Å²) in [5.41, 5.74) is 3.58. The van der Waals surface area contributed by atoms with Gasteiger partial charge in [-0.25, -0.2) is 13.1 Å². The van der Waals surface area contributed by atoms with Crippen molar-refractivity contribution in [2.24, 2.45) is 0 Å². The minimum atomic E-state index is -3.22. The average Bonchev–Trinajstić information content (AvgIpc) is 2.75. The van der Waals surface area contributed by atoms with Gasteiger partial charge in [-0.05, 0) is 31.2 Å². The molecule has 6 nitrogen and oxygen atoms in total. The Morgan fingerprint density at radius 2 is 1.66 bits per heavy atom. The highest BCUT2D eigenvalue weighted by Gasteiger charge is 2.29. The van der Waals surface area contributed by atoms with Crippen molar-refractivity contribution in [3.63, 3.8) is 0 Å². The van der Waals surface area contributed by atoms with E-state index in [1.54, 1.807) is 6.92 Å². The number of sulfonamides is 1. The molecule has 29 heavy (non-hydrogen) atoms. The summed E-state index contributed by atoms with van der Waals surface area (Å²) >= 11 is 0. The van der Waals surface area contributed by atoms with Crippen LogP contribution in [0, 0.1) is 0 Å². The maximum Gasteiger partial charge on any atom is 0.211 e. The number of nitrogens with zero attached hydrogens (tertiary/aromatic N) is 2. The topological polar surface area (TPSA) is 57.1 Å². The van der Waals surface area contributed by atoms with Crippen LogP contribution in [0.15, 0.2) is 54.6 Å². The van der Waals surface area contributed by atoms with Gasteiger partial charge in [0.15, 0.2) is 0 Å². The molecule has 0 bridgehead atoms. The zero-order chi connectivity index (χ0) is 20.9. The van der Waals surface area contributed by atoms with E-state index in [4.69, 9.17) is 0 Å². The molecule has 2 N–H and O–H groups in total. The lowest BCUT2D eigenvalue weighted by Crippen LogP contribution is -3.15. The van der Waals surface area contributed by atoms with Gasteiger partial charge in [0.2, 0.25) is 10.0 Å². The Bertz CT molecular complexity index is 861. The summed E-state index contributed by atoms with van der Waals surface area (Å²) in [6, 6.07) is 19.1. The molecule has 1 heterocycles. The van der Waals surface area contributed by atoms with Crippen molar-refractivity contribution in [3.8, 4) is 0 Å². The highest BCUT2D eigenvalue weighted by Crippen LogP contribution is 2.18. The predicted octanol–water partition coefficient (Wildman–Crippen LogP) is 1.14. The molecule has 0 unspecified atom stereocenters.